The molecule has 0 saturated carbocycles. The van der Waals surface area contributed by atoms with E-state index in [-0.39, 0.29) is 0 Å². The van der Waals surface area contributed by atoms with Gasteiger partial charge in [0.05, 0.1) is 24.6 Å². The zero-order chi connectivity index (χ0) is 26.6. The number of hydrogen-bond acceptors (Lipinski definition) is 7. The number of pyridine rings is 1. The number of benzene rings is 2. The molecule has 190 valence electrons. The van der Waals surface area contributed by atoms with Gasteiger partial charge in [0.15, 0.2) is 0 Å². The maximum Gasteiger partial charge on any atom is 0.338 e. The molecule has 1 atom stereocenters. The summed E-state index contributed by atoms with van der Waals surface area (Å²) < 4.78 is 12.0. The van der Waals surface area contributed by atoms with Crippen LogP contribution in [-0.4, -0.2) is 34.4 Å². The van der Waals surface area contributed by atoms with Gasteiger partial charge in [-0.25, -0.2) is 4.79 Å². The van der Waals surface area contributed by atoms with Crippen molar-refractivity contribution in [2.45, 2.75) is 39.3 Å². The Bertz CT molecular complexity index is 1330. The molecular formula is C26H28ClN3O6. The highest BCUT2D eigenvalue weighted by molar-refractivity contribution is 6.31. The van der Waals surface area contributed by atoms with Gasteiger partial charge in [-0.05, 0) is 70.2 Å². The largest absolute Gasteiger partial charge is 0.495 e. The van der Waals surface area contributed by atoms with Gasteiger partial charge in [0.2, 0.25) is 5.91 Å². The van der Waals surface area contributed by atoms with Crippen LogP contribution in [0.15, 0.2) is 59.5 Å². The molecule has 3 rings (SSSR count). The van der Waals surface area contributed by atoms with E-state index in [1.807, 2.05) is 0 Å². The van der Waals surface area contributed by atoms with Crippen LogP contribution in [0.5, 0.6) is 5.75 Å². The van der Waals surface area contributed by atoms with Crippen LogP contribution in [0.25, 0.3) is 11.1 Å². The van der Waals surface area contributed by atoms with Crippen LogP contribution >= 0.6 is 11.6 Å². The molecule has 3 aromatic rings. The number of methoxy groups -OCH3 is 1. The van der Waals surface area contributed by atoms with Gasteiger partial charge in [-0.15, -0.1) is 0 Å². The van der Waals surface area contributed by atoms with Gasteiger partial charge in [-0.3, -0.25) is 24.8 Å². The van der Waals surface area contributed by atoms with Crippen molar-refractivity contribution in [3.63, 3.8) is 0 Å². The summed E-state index contributed by atoms with van der Waals surface area (Å²) in [6, 6.07) is 11.4. The zero-order valence-corrected chi connectivity index (χ0v) is 21.3. The summed E-state index contributed by atoms with van der Waals surface area (Å²) in [5.74, 6) is -0.612. The highest BCUT2D eigenvalue weighted by Gasteiger charge is 2.21. The van der Waals surface area contributed by atoms with Crippen molar-refractivity contribution in [2.75, 3.05) is 17.9 Å². The fourth-order valence-corrected chi connectivity index (χ4v) is 3.61. The Morgan fingerprint density at radius 3 is 2.31 bits per heavy atom. The quantitative estimate of drug-likeness (QED) is 0.296. The van der Waals surface area contributed by atoms with Crippen LogP contribution in [0.2, 0.25) is 5.02 Å². The number of rotatable bonds is 7. The van der Waals surface area contributed by atoms with Crippen molar-refractivity contribution < 1.29 is 24.3 Å². The van der Waals surface area contributed by atoms with Gasteiger partial charge in [0.25, 0.3) is 5.56 Å². The van der Waals surface area contributed by atoms with Crippen LogP contribution in [-0.2, 0) is 9.53 Å². The predicted molar refractivity (Wildman–Crippen MR) is 138 cm³/mol. The van der Waals surface area contributed by atoms with Gasteiger partial charge >= 0.3 is 5.97 Å². The molecule has 1 aromatic heterocycles. The monoisotopic (exact) mass is 513 g/mol. The van der Waals surface area contributed by atoms with E-state index in [4.69, 9.17) is 21.1 Å². The van der Waals surface area contributed by atoms with Gasteiger partial charge in [0, 0.05) is 27.9 Å². The third-order valence-corrected chi connectivity index (χ3v) is 5.48. The second-order valence-corrected chi connectivity index (χ2v) is 9.48. The van der Waals surface area contributed by atoms with E-state index in [1.165, 1.54) is 23.9 Å². The number of amides is 1. The molecule has 0 spiro atoms. The lowest BCUT2D eigenvalue weighted by molar-refractivity contribution is -0.118. The van der Waals surface area contributed by atoms with Crippen molar-refractivity contribution in [1.82, 2.24) is 4.57 Å². The zero-order valence-electron chi connectivity index (χ0n) is 20.6. The smallest absolute Gasteiger partial charge is 0.338 e. The van der Waals surface area contributed by atoms with Crippen LogP contribution in [0, 0.1) is 0 Å². The Hall–Kier alpha value is -3.82. The molecule has 0 radical (unpaired) electrons. The Morgan fingerprint density at radius 2 is 1.72 bits per heavy atom. The molecule has 1 heterocycles. The number of nitrogens with one attached hydrogen (secondary N) is 2. The number of carbonyl (C=O) groups is 2. The highest BCUT2D eigenvalue weighted by Crippen LogP contribution is 2.36. The van der Waals surface area contributed by atoms with E-state index in [9.17, 15) is 19.6 Å². The Kier molecular flexibility index (Phi) is 8.07. The number of halogens is 1. The summed E-state index contributed by atoms with van der Waals surface area (Å²) in [7, 11) is 1.43. The predicted octanol–water partition coefficient (Wildman–Crippen LogP) is 5.13. The maximum absolute atomic E-state index is 13.0. The average molecular weight is 514 g/mol. The van der Waals surface area contributed by atoms with E-state index in [0.717, 1.165) is 0 Å². The normalized spacial score (nSPS) is 12.0. The average Bonchev–Trinajstić information content (AvgIpc) is 2.82. The molecule has 0 saturated heterocycles. The minimum absolute atomic E-state index is 0.301. The van der Waals surface area contributed by atoms with E-state index in [2.05, 4.69) is 10.8 Å². The molecule has 10 heteroatoms. The number of aromatic nitrogens is 1. The van der Waals surface area contributed by atoms with Crippen LogP contribution in [0.3, 0.4) is 0 Å². The molecule has 0 bridgehead atoms. The lowest BCUT2D eigenvalue weighted by Crippen LogP contribution is -2.31. The molecular weight excluding hydrogens is 486 g/mol. The summed E-state index contributed by atoms with van der Waals surface area (Å²) in [6.07, 6.45) is 1.43. The van der Waals surface area contributed by atoms with Crippen LogP contribution < -0.4 is 21.1 Å². The molecule has 9 nitrogen and oxygen atoms in total. The maximum atomic E-state index is 13.0. The number of carbonyl (C=O) groups excluding carboxylic acids is 2. The first kappa shape index (κ1) is 26.8. The Balaban J connectivity index is 1.84. The van der Waals surface area contributed by atoms with Gasteiger partial charge < -0.3 is 14.8 Å². The Labute approximate surface area is 213 Å². The molecule has 0 aliphatic carbocycles. The third-order valence-electron chi connectivity index (χ3n) is 5.24. The minimum atomic E-state index is -0.888. The molecule has 3 N–H and O–H groups in total. The molecule has 0 aliphatic rings. The molecule has 36 heavy (non-hydrogen) atoms. The first-order valence-corrected chi connectivity index (χ1v) is 11.5. The summed E-state index contributed by atoms with van der Waals surface area (Å²) in [4.78, 5) is 38.1. The molecule has 0 aliphatic heterocycles. The first-order valence-electron chi connectivity index (χ1n) is 11.1. The standard InChI is InChI=1S/C26H28ClN3O6/c1-15(24(32)28-18-9-6-16(7-10-18)25(33)36-26(2,3)4)30-14-22(35-5)20(13-23(30)31)19-12-17(27)8-11-21(19)29-34/h6-15,29,34H,1-5H3,(H,28,32). The summed E-state index contributed by atoms with van der Waals surface area (Å²) in [6.45, 7) is 6.91. The summed E-state index contributed by atoms with van der Waals surface area (Å²) >= 11 is 6.10. The number of ether oxygens (including phenoxy) is 2. The van der Waals surface area contributed by atoms with Crippen LogP contribution in [0.1, 0.15) is 44.1 Å². The van der Waals surface area contributed by atoms with E-state index in [0.29, 0.717) is 38.8 Å². The number of hydrogen-bond donors (Lipinski definition) is 3. The first-order chi connectivity index (χ1) is 16.9. The van der Waals surface area contributed by atoms with Crippen molar-refractivity contribution in [2.24, 2.45) is 0 Å². The second kappa shape index (κ2) is 10.8. The Morgan fingerprint density at radius 1 is 1.06 bits per heavy atom. The molecule has 1 amide bonds. The van der Waals surface area contributed by atoms with Crippen molar-refractivity contribution in [3.8, 4) is 16.9 Å². The molecule has 0 fully saturated rings. The minimum Gasteiger partial charge on any atom is -0.495 e. The highest BCUT2D eigenvalue weighted by atomic mass is 35.5. The topological polar surface area (TPSA) is 119 Å². The van der Waals surface area contributed by atoms with Gasteiger partial charge in [-0.2, -0.15) is 0 Å². The van der Waals surface area contributed by atoms with Crippen molar-refractivity contribution in [3.05, 3.63) is 75.7 Å². The van der Waals surface area contributed by atoms with Gasteiger partial charge in [-0.1, -0.05) is 11.6 Å². The SMILES string of the molecule is COc1cn(C(C)C(=O)Nc2ccc(C(=O)OC(C)(C)C)cc2)c(=O)cc1-c1cc(Cl)ccc1NO. The lowest BCUT2D eigenvalue weighted by atomic mass is 10.0. The van der Waals surface area contributed by atoms with Crippen LogP contribution in [0.4, 0.5) is 11.4 Å². The summed E-state index contributed by atoms with van der Waals surface area (Å²) in [5, 5.41) is 12.6. The second-order valence-electron chi connectivity index (χ2n) is 9.05. The molecule has 1 unspecified atom stereocenters. The van der Waals surface area contributed by atoms with Crippen molar-refractivity contribution >= 4 is 34.9 Å². The fraction of sp³-hybridized carbons (Fsp3) is 0.269. The van der Waals surface area contributed by atoms with E-state index in [1.54, 1.807) is 70.2 Å². The summed E-state index contributed by atoms with van der Waals surface area (Å²) in [5.41, 5.74) is 2.98. The molecule has 2 aromatic carbocycles. The van der Waals surface area contributed by atoms with Gasteiger partial charge in [0.1, 0.15) is 17.4 Å². The van der Waals surface area contributed by atoms with Crippen molar-refractivity contribution in [1.29, 1.82) is 0 Å². The fourth-order valence-electron chi connectivity index (χ4n) is 3.44. The number of anilines is 2. The van der Waals surface area contributed by atoms with E-state index >= 15 is 0 Å². The number of nitrogens with zero attached hydrogens (tertiary/aromatic N) is 1. The number of esters is 1. The van der Waals surface area contributed by atoms with E-state index < -0.39 is 29.1 Å². The third kappa shape index (κ3) is 6.24. The lowest BCUT2D eigenvalue weighted by Gasteiger charge is -2.20.